The molecule has 1 rings (SSSR count). The number of hydrogen-bond acceptors (Lipinski definition) is 4. The van der Waals surface area contributed by atoms with Gasteiger partial charge in [0.25, 0.3) is 0 Å². The number of aryl methyl sites for hydroxylation is 1. The lowest BCUT2D eigenvalue weighted by Crippen LogP contribution is -2.39. The smallest absolute Gasteiger partial charge is 0.321 e. The van der Waals surface area contributed by atoms with Gasteiger partial charge in [0, 0.05) is 13.1 Å². The Hall–Kier alpha value is -2.12. The first kappa shape index (κ1) is 13.9. The normalized spacial score (nSPS) is 11.9. The first-order valence-corrected chi connectivity index (χ1v) is 5.66. The summed E-state index contributed by atoms with van der Waals surface area (Å²) in [4.78, 5) is 26.1. The lowest BCUT2D eigenvalue weighted by molar-refractivity contribution is -0.137. The fraction of sp³-hybridized carbons (Fsp3) is 0.600. The first-order valence-electron chi connectivity index (χ1n) is 5.66. The predicted molar refractivity (Wildman–Crippen MR) is 64.1 cm³/mol. The lowest BCUT2D eigenvalue weighted by atomic mass is 10.1. The highest BCUT2D eigenvalue weighted by Gasteiger charge is 2.16. The zero-order valence-electron chi connectivity index (χ0n) is 10.4. The zero-order chi connectivity index (χ0) is 13.5. The average molecular weight is 255 g/mol. The van der Waals surface area contributed by atoms with Crippen molar-refractivity contribution in [2.45, 2.75) is 32.2 Å². The second-order valence-corrected chi connectivity index (χ2v) is 3.89. The minimum atomic E-state index is -0.938. The van der Waals surface area contributed by atoms with Crippen molar-refractivity contribution < 1.29 is 14.7 Å². The Morgan fingerprint density at radius 2 is 2.28 bits per heavy atom. The molecule has 0 spiro atoms. The van der Waals surface area contributed by atoms with Gasteiger partial charge in [0.15, 0.2) is 0 Å². The minimum Gasteiger partial charge on any atom is -0.481 e. The van der Waals surface area contributed by atoms with Gasteiger partial charge in [0.2, 0.25) is 5.95 Å². The van der Waals surface area contributed by atoms with E-state index in [1.54, 1.807) is 7.05 Å². The highest BCUT2D eigenvalue weighted by Crippen LogP contribution is 2.03. The lowest BCUT2D eigenvalue weighted by Gasteiger charge is -2.16. The van der Waals surface area contributed by atoms with Crippen LogP contribution in [-0.4, -0.2) is 37.9 Å². The van der Waals surface area contributed by atoms with E-state index in [2.05, 4.69) is 20.7 Å². The van der Waals surface area contributed by atoms with Gasteiger partial charge >= 0.3 is 12.0 Å². The van der Waals surface area contributed by atoms with Gasteiger partial charge in [-0.3, -0.25) is 10.1 Å². The molecule has 0 radical (unpaired) electrons. The molecule has 0 saturated heterocycles. The van der Waals surface area contributed by atoms with Crippen molar-refractivity contribution in [2.75, 3.05) is 5.32 Å². The Balaban J connectivity index is 2.50. The number of carboxylic acids is 1. The van der Waals surface area contributed by atoms with Crippen molar-refractivity contribution in [3.05, 3.63) is 6.33 Å². The van der Waals surface area contributed by atoms with Crippen LogP contribution in [0.25, 0.3) is 0 Å². The summed E-state index contributed by atoms with van der Waals surface area (Å²) < 4.78 is 1.41. The Morgan fingerprint density at radius 3 is 2.78 bits per heavy atom. The van der Waals surface area contributed by atoms with Gasteiger partial charge < -0.3 is 10.4 Å². The summed E-state index contributed by atoms with van der Waals surface area (Å²) in [7, 11) is 1.64. The van der Waals surface area contributed by atoms with Gasteiger partial charge in [-0.2, -0.15) is 10.1 Å². The number of carbonyl (C=O) groups excluding carboxylic acids is 1. The predicted octanol–water partition coefficient (Wildman–Crippen LogP) is 0.580. The molecule has 0 aromatic carbocycles. The number of urea groups is 1. The SMILES string of the molecule is CCCC(CC(=O)O)NC(=O)Nc1ncnn1C. The maximum atomic E-state index is 11.6. The largest absolute Gasteiger partial charge is 0.481 e. The van der Waals surface area contributed by atoms with Crippen molar-refractivity contribution >= 4 is 17.9 Å². The van der Waals surface area contributed by atoms with Crippen molar-refractivity contribution in [3.8, 4) is 0 Å². The number of rotatable bonds is 6. The van der Waals surface area contributed by atoms with E-state index in [0.29, 0.717) is 12.4 Å². The van der Waals surface area contributed by atoms with Crippen LogP contribution in [0.3, 0.4) is 0 Å². The van der Waals surface area contributed by atoms with E-state index in [0.717, 1.165) is 6.42 Å². The van der Waals surface area contributed by atoms with Crippen LogP contribution in [0.2, 0.25) is 0 Å². The number of aliphatic carboxylic acids is 1. The van der Waals surface area contributed by atoms with Crippen LogP contribution in [-0.2, 0) is 11.8 Å². The van der Waals surface area contributed by atoms with Gasteiger partial charge in [-0.25, -0.2) is 9.48 Å². The van der Waals surface area contributed by atoms with Crippen LogP contribution in [0.5, 0.6) is 0 Å². The molecule has 0 aliphatic heterocycles. The third kappa shape index (κ3) is 4.40. The zero-order valence-corrected chi connectivity index (χ0v) is 10.4. The Bertz CT molecular complexity index is 417. The van der Waals surface area contributed by atoms with E-state index >= 15 is 0 Å². The van der Waals surface area contributed by atoms with Gasteiger partial charge in [-0.05, 0) is 6.42 Å². The number of hydrogen-bond donors (Lipinski definition) is 3. The number of carboxylic acid groups (broad SMARTS) is 1. The molecule has 100 valence electrons. The molecule has 8 heteroatoms. The van der Waals surface area contributed by atoms with Crippen molar-refractivity contribution in [1.29, 1.82) is 0 Å². The molecule has 0 aliphatic carbocycles. The number of aromatic nitrogens is 3. The van der Waals surface area contributed by atoms with E-state index in [4.69, 9.17) is 5.11 Å². The molecule has 1 aromatic heterocycles. The van der Waals surface area contributed by atoms with Gasteiger partial charge in [-0.15, -0.1) is 0 Å². The van der Waals surface area contributed by atoms with Crippen LogP contribution in [0.1, 0.15) is 26.2 Å². The monoisotopic (exact) mass is 255 g/mol. The molecule has 1 atom stereocenters. The molecule has 8 nitrogen and oxygen atoms in total. The summed E-state index contributed by atoms with van der Waals surface area (Å²) >= 11 is 0. The molecule has 2 amide bonds. The summed E-state index contributed by atoms with van der Waals surface area (Å²) in [5.41, 5.74) is 0. The molecule has 1 heterocycles. The van der Waals surface area contributed by atoms with E-state index in [1.807, 2.05) is 6.92 Å². The Labute approximate surface area is 104 Å². The molecule has 18 heavy (non-hydrogen) atoms. The Morgan fingerprint density at radius 1 is 1.56 bits per heavy atom. The highest BCUT2D eigenvalue weighted by molar-refractivity contribution is 5.87. The molecule has 0 fully saturated rings. The van der Waals surface area contributed by atoms with Gasteiger partial charge in [-0.1, -0.05) is 13.3 Å². The number of nitrogens with zero attached hydrogens (tertiary/aromatic N) is 3. The fourth-order valence-electron chi connectivity index (χ4n) is 1.52. The second kappa shape index (κ2) is 6.58. The molecule has 0 aliphatic rings. The van der Waals surface area contributed by atoms with Crippen LogP contribution < -0.4 is 10.6 Å². The van der Waals surface area contributed by atoms with E-state index < -0.39 is 12.0 Å². The Kier molecular flexibility index (Phi) is 5.09. The standard InChI is InChI=1S/C10H17N5O3/c1-3-4-7(5-8(16)17)13-10(18)14-9-11-6-12-15(9)2/h6-7H,3-5H2,1-2H3,(H,16,17)(H2,11,12,13,14,18). The van der Waals surface area contributed by atoms with Crippen LogP contribution in [0.4, 0.5) is 10.7 Å². The van der Waals surface area contributed by atoms with Crippen molar-refractivity contribution in [2.24, 2.45) is 7.05 Å². The van der Waals surface area contributed by atoms with Crippen LogP contribution in [0.15, 0.2) is 6.33 Å². The molecule has 0 bridgehead atoms. The highest BCUT2D eigenvalue weighted by atomic mass is 16.4. The van der Waals surface area contributed by atoms with Crippen molar-refractivity contribution in [1.82, 2.24) is 20.1 Å². The number of carbonyl (C=O) groups is 2. The number of amides is 2. The molecular formula is C10H17N5O3. The molecule has 3 N–H and O–H groups in total. The van der Waals surface area contributed by atoms with Crippen LogP contribution in [0, 0.1) is 0 Å². The molecule has 0 saturated carbocycles. The van der Waals surface area contributed by atoms with E-state index in [1.165, 1.54) is 11.0 Å². The summed E-state index contributed by atoms with van der Waals surface area (Å²) in [6.45, 7) is 1.93. The third-order valence-corrected chi connectivity index (χ3v) is 2.33. The van der Waals surface area contributed by atoms with Crippen LogP contribution >= 0.6 is 0 Å². The maximum absolute atomic E-state index is 11.6. The first-order chi connectivity index (χ1) is 8.52. The number of nitrogens with one attached hydrogen (secondary N) is 2. The summed E-state index contributed by atoms with van der Waals surface area (Å²) in [6.07, 6.45) is 2.62. The van der Waals surface area contributed by atoms with Gasteiger partial charge in [0.1, 0.15) is 6.33 Å². The third-order valence-electron chi connectivity index (χ3n) is 2.33. The van der Waals surface area contributed by atoms with E-state index in [9.17, 15) is 9.59 Å². The van der Waals surface area contributed by atoms with Gasteiger partial charge in [0.05, 0.1) is 6.42 Å². The summed E-state index contributed by atoms with van der Waals surface area (Å²) in [5, 5.41) is 17.6. The number of anilines is 1. The fourth-order valence-corrected chi connectivity index (χ4v) is 1.52. The quantitative estimate of drug-likeness (QED) is 0.688. The molecule has 1 unspecified atom stereocenters. The van der Waals surface area contributed by atoms with E-state index in [-0.39, 0.29) is 12.5 Å². The summed E-state index contributed by atoms with van der Waals surface area (Å²) in [6, 6.07) is -0.869. The molecular weight excluding hydrogens is 238 g/mol. The maximum Gasteiger partial charge on any atom is 0.321 e. The second-order valence-electron chi connectivity index (χ2n) is 3.89. The average Bonchev–Trinajstić information content (AvgIpc) is 2.63. The topological polar surface area (TPSA) is 109 Å². The summed E-state index contributed by atoms with van der Waals surface area (Å²) in [5.74, 6) is -0.634. The molecule has 1 aromatic rings. The minimum absolute atomic E-state index is 0.0971. The van der Waals surface area contributed by atoms with Crippen molar-refractivity contribution in [3.63, 3.8) is 0 Å².